The van der Waals surface area contributed by atoms with Crippen LogP contribution in [0.5, 0.6) is 5.75 Å². The molecule has 0 aliphatic carbocycles. The SMILES string of the molecule is COc1cccc(NC(=O)c2c(C)nn(C)c2C)c1. The van der Waals surface area contributed by atoms with Gasteiger partial charge in [0.25, 0.3) is 5.91 Å². The van der Waals surface area contributed by atoms with Gasteiger partial charge in [0.05, 0.1) is 18.4 Å². The maximum atomic E-state index is 12.3. The number of amides is 1. The fourth-order valence-electron chi connectivity index (χ4n) is 2.00. The van der Waals surface area contributed by atoms with Crippen LogP contribution in [-0.2, 0) is 7.05 Å². The highest BCUT2D eigenvalue weighted by Gasteiger charge is 2.17. The Morgan fingerprint density at radius 2 is 2.11 bits per heavy atom. The lowest BCUT2D eigenvalue weighted by Crippen LogP contribution is -2.14. The Kier molecular flexibility index (Phi) is 3.55. The molecule has 0 spiro atoms. The number of nitrogens with zero attached hydrogens (tertiary/aromatic N) is 2. The Balaban J connectivity index is 2.25. The zero-order valence-electron chi connectivity index (χ0n) is 11.5. The number of nitrogens with one attached hydrogen (secondary N) is 1. The van der Waals surface area contributed by atoms with Crippen molar-refractivity contribution < 1.29 is 9.53 Å². The molecule has 5 heteroatoms. The molecule has 1 amide bonds. The van der Waals surface area contributed by atoms with E-state index in [0.717, 1.165) is 11.4 Å². The van der Waals surface area contributed by atoms with E-state index >= 15 is 0 Å². The molecule has 0 atom stereocenters. The van der Waals surface area contributed by atoms with Gasteiger partial charge < -0.3 is 10.1 Å². The predicted octanol–water partition coefficient (Wildman–Crippen LogP) is 2.30. The molecule has 0 aliphatic rings. The van der Waals surface area contributed by atoms with Crippen LogP contribution in [0, 0.1) is 13.8 Å². The number of hydrogen-bond donors (Lipinski definition) is 1. The first-order valence-corrected chi connectivity index (χ1v) is 5.98. The van der Waals surface area contributed by atoms with Crippen LogP contribution in [0.1, 0.15) is 21.7 Å². The van der Waals surface area contributed by atoms with Crippen molar-refractivity contribution in [2.45, 2.75) is 13.8 Å². The molecule has 5 nitrogen and oxygen atoms in total. The van der Waals surface area contributed by atoms with Crippen molar-refractivity contribution in [3.63, 3.8) is 0 Å². The minimum atomic E-state index is -0.156. The number of carbonyl (C=O) groups is 1. The second kappa shape index (κ2) is 5.14. The summed E-state index contributed by atoms with van der Waals surface area (Å²) in [6.07, 6.45) is 0. The van der Waals surface area contributed by atoms with Gasteiger partial charge in [-0.05, 0) is 26.0 Å². The highest BCUT2D eigenvalue weighted by molar-refractivity contribution is 6.05. The van der Waals surface area contributed by atoms with Gasteiger partial charge in [-0.3, -0.25) is 9.48 Å². The van der Waals surface area contributed by atoms with E-state index in [0.29, 0.717) is 17.0 Å². The lowest BCUT2D eigenvalue weighted by atomic mass is 10.2. The predicted molar refractivity (Wildman–Crippen MR) is 73.6 cm³/mol. The number of methoxy groups -OCH3 is 1. The summed E-state index contributed by atoms with van der Waals surface area (Å²) in [4.78, 5) is 12.3. The zero-order valence-corrected chi connectivity index (χ0v) is 11.5. The first-order chi connectivity index (χ1) is 9.02. The van der Waals surface area contributed by atoms with Gasteiger partial charge in [-0.25, -0.2) is 0 Å². The van der Waals surface area contributed by atoms with E-state index in [2.05, 4.69) is 10.4 Å². The normalized spacial score (nSPS) is 10.3. The number of aromatic nitrogens is 2. The van der Waals surface area contributed by atoms with Gasteiger partial charge >= 0.3 is 0 Å². The van der Waals surface area contributed by atoms with Gasteiger partial charge in [0.1, 0.15) is 5.75 Å². The lowest BCUT2D eigenvalue weighted by molar-refractivity contribution is 0.102. The second-order valence-electron chi connectivity index (χ2n) is 4.36. The standard InChI is InChI=1S/C14H17N3O2/c1-9-13(10(2)17(3)16-9)14(18)15-11-6-5-7-12(8-11)19-4/h5-8H,1-4H3,(H,15,18). The van der Waals surface area contributed by atoms with Gasteiger partial charge in [0.15, 0.2) is 0 Å². The summed E-state index contributed by atoms with van der Waals surface area (Å²) in [5, 5.41) is 7.09. The number of anilines is 1. The third-order valence-electron chi connectivity index (χ3n) is 3.06. The number of ether oxygens (including phenoxy) is 1. The molecule has 0 saturated carbocycles. The van der Waals surface area contributed by atoms with Gasteiger partial charge in [0, 0.05) is 24.5 Å². The number of benzene rings is 1. The van der Waals surface area contributed by atoms with E-state index < -0.39 is 0 Å². The first kappa shape index (κ1) is 13.1. The van der Waals surface area contributed by atoms with Crippen LogP contribution in [0.2, 0.25) is 0 Å². The average Bonchev–Trinajstić information content (AvgIpc) is 2.63. The number of carbonyl (C=O) groups excluding carboxylic acids is 1. The topological polar surface area (TPSA) is 56.1 Å². The number of hydrogen-bond acceptors (Lipinski definition) is 3. The molecule has 0 bridgehead atoms. The minimum Gasteiger partial charge on any atom is -0.497 e. The van der Waals surface area contributed by atoms with Gasteiger partial charge in [-0.1, -0.05) is 6.07 Å². The molecular formula is C14H17N3O2. The number of aryl methyl sites for hydroxylation is 2. The van der Waals surface area contributed by atoms with Crippen molar-refractivity contribution in [1.29, 1.82) is 0 Å². The lowest BCUT2D eigenvalue weighted by Gasteiger charge is -2.07. The van der Waals surface area contributed by atoms with Crippen LogP contribution >= 0.6 is 0 Å². The fourth-order valence-corrected chi connectivity index (χ4v) is 2.00. The molecule has 0 fully saturated rings. The smallest absolute Gasteiger partial charge is 0.259 e. The average molecular weight is 259 g/mol. The van der Waals surface area contributed by atoms with Crippen molar-refractivity contribution in [3.05, 3.63) is 41.2 Å². The Labute approximate surface area is 112 Å². The monoisotopic (exact) mass is 259 g/mol. The second-order valence-corrected chi connectivity index (χ2v) is 4.36. The molecule has 2 aromatic rings. The minimum absolute atomic E-state index is 0.156. The molecule has 1 heterocycles. The summed E-state index contributed by atoms with van der Waals surface area (Å²) in [5.41, 5.74) is 2.88. The molecule has 0 unspecified atom stereocenters. The molecule has 1 N–H and O–H groups in total. The van der Waals surface area contributed by atoms with E-state index in [1.165, 1.54) is 0 Å². The summed E-state index contributed by atoms with van der Waals surface area (Å²) >= 11 is 0. The molecule has 2 rings (SSSR count). The van der Waals surface area contributed by atoms with E-state index in [-0.39, 0.29) is 5.91 Å². The summed E-state index contributed by atoms with van der Waals surface area (Å²) < 4.78 is 6.83. The van der Waals surface area contributed by atoms with Crippen LogP contribution in [0.4, 0.5) is 5.69 Å². The molecule has 1 aromatic heterocycles. The Morgan fingerprint density at radius 1 is 1.37 bits per heavy atom. The number of rotatable bonds is 3. The van der Waals surface area contributed by atoms with Crippen LogP contribution in [0.3, 0.4) is 0 Å². The highest BCUT2D eigenvalue weighted by atomic mass is 16.5. The van der Waals surface area contributed by atoms with Gasteiger partial charge in [0.2, 0.25) is 0 Å². The van der Waals surface area contributed by atoms with Crippen LogP contribution < -0.4 is 10.1 Å². The van der Waals surface area contributed by atoms with Gasteiger partial charge in [-0.15, -0.1) is 0 Å². The van der Waals surface area contributed by atoms with Gasteiger partial charge in [-0.2, -0.15) is 5.10 Å². The fraction of sp³-hybridized carbons (Fsp3) is 0.286. The summed E-state index contributed by atoms with van der Waals surface area (Å²) in [5.74, 6) is 0.550. The molecule has 100 valence electrons. The maximum Gasteiger partial charge on any atom is 0.259 e. The molecule has 0 aliphatic heterocycles. The Hall–Kier alpha value is -2.30. The molecule has 0 saturated heterocycles. The highest BCUT2D eigenvalue weighted by Crippen LogP contribution is 2.19. The summed E-state index contributed by atoms with van der Waals surface area (Å²) in [6, 6.07) is 7.26. The third-order valence-corrected chi connectivity index (χ3v) is 3.06. The Morgan fingerprint density at radius 3 is 2.68 bits per heavy atom. The van der Waals surface area contributed by atoms with E-state index in [4.69, 9.17) is 4.74 Å². The summed E-state index contributed by atoms with van der Waals surface area (Å²) in [7, 11) is 3.42. The maximum absolute atomic E-state index is 12.3. The summed E-state index contributed by atoms with van der Waals surface area (Å²) in [6.45, 7) is 3.70. The first-order valence-electron chi connectivity index (χ1n) is 5.98. The third kappa shape index (κ3) is 2.59. The van der Waals surface area contributed by atoms with Crippen molar-refractivity contribution in [2.75, 3.05) is 12.4 Å². The molecule has 1 aromatic carbocycles. The molecule has 19 heavy (non-hydrogen) atoms. The molecule has 0 radical (unpaired) electrons. The van der Waals surface area contributed by atoms with Crippen LogP contribution in [0.25, 0.3) is 0 Å². The van der Waals surface area contributed by atoms with E-state index in [1.807, 2.05) is 39.1 Å². The van der Waals surface area contributed by atoms with Crippen LogP contribution in [0.15, 0.2) is 24.3 Å². The quantitative estimate of drug-likeness (QED) is 0.920. The molecular weight excluding hydrogens is 242 g/mol. The van der Waals surface area contributed by atoms with Crippen LogP contribution in [-0.4, -0.2) is 22.8 Å². The van der Waals surface area contributed by atoms with Crippen molar-refractivity contribution >= 4 is 11.6 Å². The Bertz CT molecular complexity index is 617. The van der Waals surface area contributed by atoms with Crippen molar-refractivity contribution in [2.24, 2.45) is 7.05 Å². The van der Waals surface area contributed by atoms with E-state index in [1.54, 1.807) is 17.9 Å². The largest absolute Gasteiger partial charge is 0.497 e. The van der Waals surface area contributed by atoms with Crippen molar-refractivity contribution in [1.82, 2.24) is 9.78 Å². The zero-order chi connectivity index (χ0) is 14.0. The van der Waals surface area contributed by atoms with Crippen molar-refractivity contribution in [3.8, 4) is 5.75 Å². The van der Waals surface area contributed by atoms with E-state index in [9.17, 15) is 4.79 Å².